The van der Waals surface area contributed by atoms with Crippen LogP contribution in [0, 0.1) is 5.92 Å². The van der Waals surface area contributed by atoms with Crippen LogP contribution < -0.4 is 0 Å². The summed E-state index contributed by atoms with van der Waals surface area (Å²) in [5.74, 6) is 1.45. The summed E-state index contributed by atoms with van der Waals surface area (Å²) in [5.41, 5.74) is 0. The maximum atomic E-state index is 12.4. The van der Waals surface area contributed by atoms with Gasteiger partial charge in [0.05, 0.1) is 12.6 Å². The molecule has 1 aromatic heterocycles. The number of ether oxygens (including phenoxy) is 1. The van der Waals surface area contributed by atoms with Gasteiger partial charge in [0.15, 0.2) is 5.82 Å². The zero-order chi connectivity index (χ0) is 16.9. The summed E-state index contributed by atoms with van der Waals surface area (Å²) in [6, 6.07) is 0.227. The quantitative estimate of drug-likeness (QED) is 0.748. The van der Waals surface area contributed by atoms with Crippen molar-refractivity contribution in [2.24, 2.45) is 5.92 Å². The molecule has 2 heterocycles. The summed E-state index contributed by atoms with van der Waals surface area (Å²) >= 11 is 0. The molecule has 0 aromatic carbocycles. The van der Waals surface area contributed by atoms with Crippen molar-refractivity contribution in [1.82, 2.24) is 19.7 Å². The number of aromatic nitrogens is 3. The van der Waals surface area contributed by atoms with Gasteiger partial charge < -0.3 is 4.74 Å². The number of carbonyl (C=O) groups is 1. The van der Waals surface area contributed by atoms with Crippen molar-refractivity contribution in [3.05, 3.63) is 12.2 Å². The Morgan fingerprint density at radius 2 is 2.00 bits per heavy atom. The summed E-state index contributed by atoms with van der Waals surface area (Å²) in [6.45, 7) is 6.53. The van der Waals surface area contributed by atoms with Crippen LogP contribution in [-0.4, -0.2) is 51.4 Å². The van der Waals surface area contributed by atoms with Gasteiger partial charge in [0, 0.05) is 6.42 Å². The van der Waals surface area contributed by atoms with Crippen LogP contribution in [0.25, 0.3) is 0 Å². The molecule has 3 rings (SSSR count). The molecule has 24 heavy (non-hydrogen) atoms. The summed E-state index contributed by atoms with van der Waals surface area (Å²) in [4.78, 5) is 19.1. The lowest BCUT2D eigenvalue weighted by Gasteiger charge is -2.26. The molecule has 2 aliphatic rings. The minimum atomic E-state index is -0.241. The highest BCUT2D eigenvalue weighted by molar-refractivity contribution is 5.76. The largest absolute Gasteiger partial charge is 0.465 e. The Bertz CT molecular complexity index is 531. The third-order valence-electron chi connectivity index (χ3n) is 5.43. The van der Waals surface area contributed by atoms with Crippen LogP contribution in [0.15, 0.2) is 6.33 Å². The molecule has 6 heteroatoms. The van der Waals surface area contributed by atoms with Crippen LogP contribution in [0.1, 0.15) is 64.2 Å². The third kappa shape index (κ3) is 4.15. The molecule has 0 spiro atoms. The number of likely N-dealkylation sites (tertiary alicyclic amines) is 1. The number of nitrogens with zero attached hydrogens (tertiary/aromatic N) is 4. The zero-order valence-electron chi connectivity index (χ0n) is 15.0. The Morgan fingerprint density at radius 1 is 1.29 bits per heavy atom. The molecule has 0 radical (unpaired) electrons. The van der Waals surface area contributed by atoms with Crippen molar-refractivity contribution in [3.8, 4) is 0 Å². The van der Waals surface area contributed by atoms with Crippen LogP contribution in [0.5, 0.6) is 0 Å². The van der Waals surface area contributed by atoms with Crippen molar-refractivity contribution in [1.29, 1.82) is 0 Å². The Morgan fingerprint density at radius 3 is 2.67 bits per heavy atom. The highest BCUT2D eigenvalue weighted by atomic mass is 16.5. The van der Waals surface area contributed by atoms with Gasteiger partial charge in [0.1, 0.15) is 12.4 Å². The second kappa shape index (κ2) is 8.10. The molecular weight excluding hydrogens is 304 g/mol. The second-order valence-corrected chi connectivity index (χ2v) is 7.27. The van der Waals surface area contributed by atoms with Crippen molar-refractivity contribution < 1.29 is 9.53 Å². The van der Waals surface area contributed by atoms with E-state index >= 15 is 0 Å². The standard InChI is InChI=1S/C18H30N4O2/c1-3-24-18(23)16(21-10-4-5-11-21)12-17-19-13-22(20-17)15-8-6-14(2)7-9-15/h13-16H,3-12H2,1-2H3/t14-,15-,16?. The number of hydrogen-bond donors (Lipinski definition) is 0. The number of hydrogen-bond acceptors (Lipinski definition) is 5. The lowest BCUT2D eigenvalue weighted by molar-refractivity contribution is -0.149. The molecule has 1 unspecified atom stereocenters. The van der Waals surface area contributed by atoms with Gasteiger partial charge in [-0.1, -0.05) is 6.92 Å². The first kappa shape index (κ1) is 17.4. The number of esters is 1. The maximum absolute atomic E-state index is 12.4. The average molecular weight is 334 g/mol. The van der Waals surface area contributed by atoms with E-state index in [2.05, 4.69) is 21.9 Å². The van der Waals surface area contributed by atoms with Gasteiger partial charge in [0.2, 0.25) is 0 Å². The smallest absolute Gasteiger partial charge is 0.323 e. The zero-order valence-corrected chi connectivity index (χ0v) is 15.0. The van der Waals surface area contributed by atoms with E-state index in [-0.39, 0.29) is 12.0 Å². The van der Waals surface area contributed by atoms with E-state index in [1.165, 1.54) is 25.7 Å². The molecule has 2 fully saturated rings. The fraction of sp³-hybridized carbons (Fsp3) is 0.833. The summed E-state index contributed by atoms with van der Waals surface area (Å²) in [7, 11) is 0. The van der Waals surface area contributed by atoms with E-state index in [1.807, 2.05) is 17.9 Å². The monoisotopic (exact) mass is 334 g/mol. The fourth-order valence-electron chi connectivity index (χ4n) is 3.91. The van der Waals surface area contributed by atoms with Gasteiger partial charge >= 0.3 is 5.97 Å². The second-order valence-electron chi connectivity index (χ2n) is 7.27. The fourth-order valence-corrected chi connectivity index (χ4v) is 3.91. The Balaban J connectivity index is 1.65. The van der Waals surface area contributed by atoms with Gasteiger partial charge in [-0.15, -0.1) is 0 Å². The van der Waals surface area contributed by atoms with E-state index < -0.39 is 0 Å². The van der Waals surface area contributed by atoms with Crippen LogP contribution in [0.2, 0.25) is 0 Å². The molecule has 1 aliphatic carbocycles. The average Bonchev–Trinajstić information content (AvgIpc) is 3.25. The minimum absolute atomic E-state index is 0.137. The predicted octanol–water partition coefficient (Wildman–Crippen LogP) is 2.60. The van der Waals surface area contributed by atoms with E-state index in [9.17, 15) is 4.79 Å². The first-order chi connectivity index (χ1) is 11.7. The van der Waals surface area contributed by atoms with Gasteiger partial charge in [0.25, 0.3) is 0 Å². The predicted molar refractivity (Wildman–Crippen MR) is 91.6 cm³/mol. The van der Waals surface area contributed by atoms with Crippen molar-refractivity contribution >= 4 is 5.97 Å². The Labute approximate surface area is 144 Å². The molecule has 0 amide bonds. The topological polar surface area (TPSA) is 60.2 Å². The Kier molecular flexibility index (Phi) is 5.87. The first-order valence-electron chi connectivity index (χ1n) is 9.48. The molecule has 1 aromatic rings. The summed E-state index contributed by atoms with van der Waals surface area (Å²) < 4.78 is 7.30. The number of rotatable bonds is 6. The van der Waals surface area contributed by atoms with E-state index in [0.29, 0.717) is 19.1 Å². The van der Waals surface area contributed by atoms with Crippen molar-refractivity contribution in [2.75, 3.05) is 19.7 Å². The van der Waals surface area contributed by atoms with Gasteiger partial charge in [-0.3, -0.25) is 9.69 Å². The van der Waals surface area contributed by atoms with Crippen molar-refractivity contribution in [3.63, 3.8) is 0 Å². The minimum Gasteiger partial charge on any atom is -0.465 e. The summed E-state index contributed by atoms with van der Waals surface area (Å²) in [5, 5.41) is 4.68. The first-order valence-corrected chi connectivity index (χ1v) is 9.48. The molecule has 1 atom stereocenters. The van der Waals surface area contributed by atoms with Crippen LogP contribution in [0.4, 0.5) is 0 Å². The SMILES string of the molecule is CCOC(=O)C(Cc1ncn([C@H]2CC[C@H](C)CC2)n1)N1CCCC1. The van der Waals surface area contributed by atoms with Crippen LogP contribution in [-0.2, 0) is 16.0 Å². The third-order valence-corrected chi connectivity index (χ3v) is 5.43. The van der Waals surface area contributed by atoms with E-state index in [4.69, 9.17) is 4.74 Å². The summed E-state index contributed by atoms with van der Waals surface area (Å²) in [6.07, 6.45) is 9.58. The van der Waals surface area contributed by atoms with Gasteiger partial charge in [-0.2, -0.15) is 5.10 Å². The van der Waals surface area contributed by atoms with Crippen molar-refractivity contribution in [2.45, 2.75) is 70.9 Å². The molecule has 6 nitrogen and oxygen atoms in total. The molecule has 0 N–H and O–H groups in total. The van der Waals surface area contributed by atoms with E-state index in [1.54, 1.807) is 0 Å². The number of carbonyl (C=O) groups excluding carboxylic acids is 1. The molecule has 1 saturated carbocycles. The highest BCUT2D eigenvalue weighted by Gasteiger charge is 2.31. The van der Waals surface area contributed by atoms with Gasteiger partial charge in [-0.05, 0) is 64.5 Å². The lowest BCUT2D eigenvalue weighted by atomic mass is 9.87. The highest BCUT2D eigenvalue weighted by Crippen LogP contribution is 2.31. The van der Waals surface area contributed by atoms with Gasteiger partial charge in [-0.25, -0.2) is 9.67 Å². The Hall–Kier alpha value is -1.43. The molecule has 134 valence electrons. The molecular formula is C18H30N4O2. The van der Waals surface area contributed by atoms with Crippen LogP contribution >= 0.6 is 0 Å². The van der Waals surface area contributed by atoms with E-state index in [0.717, 1.165) is 37.7 Å². The molecule has 0 bridgehead atoms. The molecule has 1 saturated heterocycles. The normalized spacial score (nSPS) is 26.4. The maximum Gasteiger partial charge on any atom is 0.323 e. The lowest BCUT2D eigenvalue weighted by Crippen LogP contribution is -2.42. The van der Waals surface area contributed by atoms with Crippen LogP contribution in [0.3, 0.4) is 0 Å². The molecule has 1 aliphatic heterocycles.